The fraction of sp³-hybridized carbons (Fsp3) is 0.650. The highest BCUT2D eigenvalue weighted by Crippen LogP contribution is 2.33. The topological polar surface area (TPSA) is 40.1 Å². The molecule has 2 saturated heterocycles. The number of thioether (sulfide) groups is 1. The molecule has 152 valence electrons. The smallest absolute Gasteiger partial charge is 0.193 e. The number of rotatable bonds is 5. The number of hydrogen-bond acceptors (Lipinski definition) is 4. The van der Waals surface area contributed by atoms with Crippen LogP contribution in [0.2, 0.25) is 0 Å². The number of halogens is 1. The van der Waals surface area contributed by atoms with E-state index >= 15 is 0 Å². The maximum Gasteiger partial charge on any atom is 0.193 e. The number of nitrogens with one attached hydrogen (secondary N) is 1. The molecule has 1 unspecified atom stereocenters. The summed E-state index contributed by atoms with van der Waals surface area (Å²) >= 11 is 2.07. The normalized spacial score (nSPS) is 23.7. The predicted octanol–water partition coefficient (Wildman–Crippen LogP) is 2.83. The van der Waals surface area contributed by atoms with Gasteiger partial charge in [-0.2, -0.15) is 11.8 Å². The fourth-order valence-corrected chi connectivity index (χ4v) is 5.28. The largest absolute Gasteiger partial charge is 0.379 e. The summed E-state index contributed by atoms with van der Waals surface area (Å²) in [6.45, 7) is 7.73. The van der Waals surface area contributed by atoms with Crippen molar-refractivity contribution in [1.29, 1.82) is 0 Å². The molecule has 2 fully saturated rings. The molecule has 1 atom stereocenters. The Kier molecular flexibility index (Phi) is 9.18. The first-order valence-electron chi connectivity index (χ1n) is 9.51. The molecular weight excluding hydrogens is 471 g/mol. The number of aryl methyl sites for hydroxylation is 1. The van der Waals surface area contributed by atoms with Gasteiger partial charge in [-0.1, -0.05) is 29.8 Å². The Morgan fingerprint density at radius 1 is 1.30 bits per heavy atom. The van der Waals surface area contributed by atoms with Crippen LogP contribution in [0.4, 0.5) is 0 Å². The molecule has 1 aromatic rings. The van der Waals surface area contributed by atoms with E-state index in [2.05, 4.69) is 70.1 Å². The van der Waals surface area contributed by atoms with Gasteiger partial charge in [0.2, 0.25) is 0 Å². The molecule has 7 heteroatoms. The number of hydrogen-bond donors (Lipinski definition) is 1. The summed E-state index contributed by atoms with van der Waals surface area (Å²) in [6.07, 6.45) is 1.24. The van der Waals surface area contributed by atoms with E-state index in [-0.39, 0.29) is 29.5 Å². The first-order valence-corrected chi connectivity index (χ1v) is 10.7. The van der Waals surface area contributed by atoms with Crippen LogP contribution in [0.1, 0.15) is 17.5 Å². The molecule has 2 aliphatic heterocycles. The van der Waals surface area contributed by atoms with Gasteiger partial charge < -0.3 is 15.0 Å². The molecule has 0 radical (unpaired) electrons. The molecule has 5 nitrogen and oxygen atoms in total. The monoisotopic (exact) mass is 504 g/mol. The van der Waals surface area contributed by atoms with Gasteiger partial charge in [-0.25, -0.2) is 0 Å². The highest BCUT2D eigenvalue weighted by atomic mass is 127. The molecule has 0 aromatic heterocycles. The summed E-state index contributed by atoms with van der Waals surface area (Å²) in [7, 11) is 3.98. The van der Waals surface area contributed by atoms with E-state index in [0.717, 1.165) is 45.4 Å². The van der Waals surface area contributed by atoms with Crippen LogP contribution in [0.3, 0.4) is 0 Å². The molecule has 27 heavy (non-hydrogen) atoms. The molecule has 1 aromatic carbocycles. The maximum absolute atomic E-state index is 5.56. The lowest BCUT2D eigenvalue weighted by Gasteiger charge is -2.43. The van der Waals surface area contributed by atoms with Crippen LogP contribution in [0, 0.1) is 6.92 Å². The number of benzene rings is 1. The molecule has 0 saturated carbocycles. The summed E-state index contributed by atoms with van der Waals surface area (Å²) in [5.74, 6) is 3.41. The van der Waals surface area contributed by atoms with Gasteiger partial charge in [0.15, 0.2) is 5.96 Å². The zero-order valence-corrected chi connectivity index (χ0v) is 19.9. The van der Waals surface area contributed by atoms with Crippen LogP contribution in [-0.4, -0.2) is 79.7 Å². The summed E-state index contributed by atoms with van der Waals surface area (Å²) in [6, 6.07) is 8.73. The third-order valence-corrected chi connectivity index (χ3v) is 6.69. The molecule has 0 spiro atoms. The van der Waals surface area contributed by atoms with Crippen LogP contribution in [0.15, 0.2) is 29.3 Å². The Hall–Kier alpha value is -0.510. The number of morpholine rings is 1. The Morgan fingerprint density at radius 2 is 2.00 bits per heavy atom. The van der Waals surface area contributed by atoms with Crippen molar-refractivity contribution >= 4 is 41.7 Å². The van der Waals surface area contributed by atoms with Crippen molar-refractivity contribution in [3.63, 3.8) is 0 Å². The summed E-state index contributed by atoms with van der Waals surface area (Å²) < 4.78 is 5.56. The third-order valence-electron chi connectivity index (χ3n) is 5.45. The van der Waals surface area contributed by atoms with Crippen molar-refractivity contribution in [3.05, 3.63) is 35.4 Å². The minimum atomic E-state index is 0. The molecule has 0 bridgehead atoms. The number of ether oxygens (including phenoxy) is 1. The third kappa shape index (κ3) is 5.98. The lowest BCUT2D eigenvalue weighted by atomic mass is 9.95. The lowest BCUT2D eigenvalue weighted by Crippen LogP contribution is -2.60. The predicted molar refractivity (Wildman–Crippen MR) is 126 cm³/mol. The average molecular weight is 504 g/mol. The van der Waals surface area contributed by atoms with Crippen molar-refractivity contribution < 1.29 is 4.74 Å². The zero-order chi connectivity index (χ0) is 18.4. The van der Waals surface area contributed by atoms with Crippen LogP contribution in [0.25, 0.3) is 0 Å². The van der Waals surface area contributed by atoms with Crippen molar-refractivity contribution in [2.75, 3.05) is 58.4 Å². The van der Waals surface area contributed by atoms with Gasteiger partial charge >= 0.3 is 0 Å². The minimum Gasteiger partial charge on any atom is -0.379 e. The second-order valence-electron chi connectivity index (χ2n) is 7.37. The molecule has 2 heterocycles. The standard InChI is InChI=1S/C20H32N4OS.HI/c1-17-4-6-18(7-5-17)14-23(3)19(21-2)22-15-20(8-13-26-16-20)24-9-11-25-12-10-24;/h4-7H,8-16H2,1-3H3,(H,21,22);1H. The van der Waals surface area contributed by atoms with Crippen LogP contribution >= 0.6 is 35.7 Å². The Bertz CT molecular complexity index is 599. The summed E-state index contributed by atoms with van der Waals surface area (Å²) in [4.78, 5) is 9.36. The summed E-state index contributed by atoms with van der Waals surface area (Å²) in [5.41, 5.74) is 2.83. The van der Waals surface area contributed by atoms with Crippen LogP contribution in [-0.2, 0) is 11.3 Å². The quantitative estimate of drug-likeness (QED) is 0.380. The number of nitrogens with zero attached hydrogens (tertiary/aromatic N) is 3. The van der Waals surface area contributed by atoms with Crippen molar-refractivity contribution in [1.82, 2.24) is 15.1 Å². The van der Waals surface area contributed by atoms with Gasteiger partial charge in [0.05, 0.1) is 13.2 Å². The second-order valence-corrected chi connectivity index (χ2v) is 8.47. The van der Waals surface area contributed by atoms with Gasteiger partial charge in [0.25, 0.3) is 0 Å². The number of guanidine groups is 1. The van der Waals surface area contributed by atoms with Crippen LogP contribution < -0.4 is 5.32 Å². The van der Waals surface area contributed by atoms with E-state index in [4.69, 9.17) is 4.74 Å². The fourth-order valence-electron chi connectivity index (χ4n) is 3.81. The first-order chi connectivity index (χ1) is 12.6. The molecule has 0 amide bonds. The molecule has 3 rings (SSSR count). The van der Waals surface area contributed by atoms with Crippen molar-refractivity contribution in [2.24, 2.45) is 4.99 Å². The minimum absolute atomic E-state index is 0. The summed E-state index contributed by atoms with van der Waals surface area (Å²) in [5, 5.41) is 3.66. The van der Waals surface area contributed by atoms with Gasteiger partial charge in [-0.3, -0.25) is 9.89 Å². The zero-order valence-electron chi connectivity index (χ0n) is 16.7. The molecule has 0 aliphatic carbocycles. The molecular formula is C20H33IN4OS. The first kappa shape index (κ1) is 22.8. The SMILES string of the molecule is CN=C(NCC1(N2CCOCC2)CCSC1)N(C)Cc1ccc(C)cc1.I. The second kappa shape index (κ2) is 10.9. The Labute approximate surface area is 185 Å². The van der Waals surface area contributed by atoms with Gasteiger partial charge in [-0.05, 0) is 24.7 Å². The van der Waals surface area contributed by atoms with Crippen molar-refractivity contribution in [3.8, 4) is 0 Å². The van der Waals surface area contributed by atoms with E-state index in [1.807, 2.05) is 7.05 Å². The lowest BCUT2D eigenvalue weighted by molar-refractivity contribution is -0.0121. The Morgan fingerprint density at radius 3 is 2.59 bits per heavy atom. The van der Waals surface area contributed by atoms with Gasteiger partial charge in [0, 0.05) is 51.6 Å². The highest BCUT2D eigenvalue weighted by molar-refractivity contribution is 14.0. The maximum atomic E-state index is 5.56. The number of aliphatic imine (C=N–C) groups is 1. The highest BCUT2D eigenvalue weighted by Gasteiger charge is 2.40. The van der Waals surface area contributed by atoms with E-state index in [1.54, 1.807) is 0 Å². The van der Waals surface area contributed by atoms with E-state index in [0.29, 0.717) is 0 Å². The van der Waals surface area contributed by atoms with E-state index in [1.165, 1.54) is 29.1 Å². The van der Waals surface area contributed by atoms with E-state index in [9.17, 15) is 0 Å². The van der Waals surface area contributed by atoms with E-state index < -0.39 is 0 Å². The Balaban J connectivity index is 0.00000261. The molecule has 1 N–H and O–H groups in total. The van der Waals surface area contributed by atoms with Gasteiger partial charge in [0.1, 0.15) is 0 Å². The van der Waals surface area contributed by atoms with Crippen molar-refractivity contribution in [2.45, 2.75) is 25.4 Å². The average Bonchev–Trinajstić information content (AvgIpc) is 3.15. The van der Waals surface area contributed by atoms with Crippen LogP contribution in [0.5, 0.6) is 0 Å². The van der Waals surface area contributed by atoms with Gasteiger partial charge in [-0.15, -0.1) is 24.0 Å². The molecule has 2 aliphatic rings.